The highest BCUT2D eigenvalue weighted by Gasteiger charge is 2.30. The summed E-state index contributed by atoms with van der Waals surface area (Å²) in [4.78, 5) is 18.0. The summed E-state index contributed by atoms with van der Waals surface area (Å²) in [6.45, 7) is 10.6. The van der Waals surface area contributed by atoms with Crippen LogP contribution >= 0.6 is 11.9 Å². The number of hydrogen-bond donors (Lipinski definition) is 1. The van der Waals surface area contributed by atoms with Crippen LogP contribution in [0.3, 0.4) is 0 Å². The van der Waals surface area contributed by atoms with Gasteiger partial charge in [0.2, 0.25) is 5.91 Å². The lowest BCUT2D eigenvalue weighted by molar-refractivity contribution is -0.117. The Bertz CT molecular complexity index is 1300. The maximum absolute atomic E-state index is 11.6. The van der Waals surface area contributed by atoms with Crippen molar-refractivity contribution < 1.29 is 4.79 Å². The highest BCUT2D eigenvalue weighted by molar-refractivity contribution is 7.98. The molecule has 38 heavy (non-hydrogen) atoms. The summed E-state index contributed by atoms with van der Waals surface area (Å²) in [6, 6.07) is 14.0. The van der Waals surface area contributed by atoms with Gasteiger partial charge in [0.15, 0.2) is 0 Å². The molecule has 0 bridgehead atoms. The third-order valence-electron chi connectivity index (χ3n) is 8.88. The largest absolute Gasteiger partial charge is 0.368 e. The van der Waals surface area contributed by atoms with Crippen LogP contribution in [0.2, 0.25) is 0 Å². The Labute approximate surface area is 232 Å². The Kier molecular flexibility index (Phi) is 7.71. The summed E-state index contributed by atoms with van der Waals surface area (Å²) in [6.07, 6.45) is 10.7. The van der Waals surface area contributed by atoms with Gasteiger partial charge in [0.1, 0.15) is 0 Å². The van der Waals surface area contributed by atoms with Crippen LogP contribution in [0.1, 0.15) is 75.3 Å². The van der Waals surface area contributed by atoms with Crippen molar-refractivity contribution in [2.24, 2.45) is 0 Å². The SMILES string of the molecule is CC(=O)NSc1ccc2c(C3CCCCC3)c3n(c2c1)CCN(CCN1CCCCC1)c1cc(C)ccc1-3. The Morgan fingerprint density at radius 3 is 2.50 bits per heavy atom. The molecule has 6 rings (SSSR count). The minimum absolute atomic E-state index is 0.0133. The van der Waals surface area contributed by atoms with Gasteiger partial charge in [-0.25, -0.2) is 0 Å². The zero-order chi connectivity index (χ0) is 26.1. The maximum Gasteiger partial charge on any atom is 0.226 e. The number of piperidine rings is 1. The van der Waals surface area contributed by atoms with Crippen LogP contribution in [0.5, 0.6) is 0 Å². The molecule has 0 unspecified atom stereocenters. The first-order valence-corrected chi connectivity index (χ1v) is 15.6. The molecule has 2 aromatic carbocycles. The topological polar surface area (TPSA) is 40.5 Å². The predicted octanol–water partition coefficient (Wildman–Crippen LogP) is 7.11. The quantitative estimate of drug-likeness (QED) is 0.345. The molecule has 2 aliphatic heterocycles. The monoisotopic (exact) mass is 530 g/mol. The van der Waals surface area contributed by atoms with Crippen LogP contribution in [-0.2, 0) is 11.3 Å². The molecule has 0 radical (unpaired) electrons. The number of fused-ring (bicyclic) bond motifs is 5. The summed E-state index contributed by atoms with van der Waals surface area (Å²) in [5.41, 5.74) is 8.49. The lowest BCUT2D eigenvalue weighted by Crippen LogP contribution is -2.38. The highest BCUT2D eigenvalue weighted by atomic mass is 32.2. The average Bonchev–Trinajstić information content (AvgIpc) is 3.17. The van der Waals surface area contributed by atoms with Crippen molar-refractivity contribution in [1.29, 1.82) is 0 Å². The first-order chi connectivity index (χ1) is 18.6. The van der Waals surface area contributed by atoms with Crippen molar-refractivity contribution in [3.8, 4) is 11.3 Å². The van der Waals surface area contributed by atoms with E-state index in [-0.39, 0.29) is 5.91 Å². The molecule has 1 saturated heterocycles. The predicted molar refractivity (Wildman–Crippen MR) is 160 cm³/mol. The maximum atomic E-state index is 11.6. The van der Waals surface area contributed by atoms with Crippen molar-refractivity contribution >= 4 is 34.4 Å². The van der Waals surface area contributed by atoms with Crippen LogP contribution in [0, 0.1) is 6.92 Å². The summed E-state index contributed by atoms with van der Waals surface area (Å²) >= 11 is 1.43. The molecule has 1 amide bonds. The second-order valence-electron chi connectivity index (χ2n) is 11.6. The van der Waals surface area contributed by atoms with Gasteiger partial charge >= 0.3 is 0 Å². The van der Waals surface area contributed by atoms with Crippen molar-refractivity contribution in [1.82, 2.24) is 14.2 Å². The number of aromatic nitrogens is 1. The molecule has 1 aliphatic carbocycles. The smallest absolute Gasteiger partial charge is 0.226 e. The van der Waals surface area contributed by atoms with Crippen molar-refractivity contribution in [2.45, 2.75) is 82.6 Å². The standard InChI is InChI=1S/C32H42N4OS/c1-23-11-13-28-29(21-23)35(18-17-34-15-7-4-8-16-34)19-20-36-30-22-26(38-33-24(2)37)12-14-27(30)31(32(28)36)25-9-5-3-6-10-25/h11-14,21-22,25H,3-10,15-20H2,1-2H3,(H,33,37). The number of hydrogen-bond acceptors (Lipinski definition) is 4. The number of nitrogens with one attached hydrogen (secondary N) is 1. The number of amides is 1. The molecule has 5 nitrogen and oxygen atoms in total. The van der Waals surface area contributed by atoms with Gasteiger partial charge in [-0.2, -0.15) is 0 Å². The zero-order valence-electron chi connectivity index (χ0n) is 23.1. The first kappa shape index (κ1) is 25.8. The first-order valence-electron chi connectivity index (χ1n) is 14.8. The average molecular weight is 531 g/mol. The fourth-order valence-corrected chi connectivity index (χ4v) is 7.57. The molecule has 3 aromatic rings. The van der Waals surface area contributed by atoms with Crippen molar-refractivity contribution in [3.05, 3.63) is 47.5 Å². The Hall–Kier alpha value is -2.44. The van der Waals surface area contributed by atoms with Gasteiger partial charge in [0.25, 0.3) is 0 Å². The molecule has 3 aliphatic rings. The number of benzene rings is 2. The lowest BCUT2D eigenvalue weighted by atomic mass is 9.81. The van der Waals surface area contributed by atoms with Gasteiger partial charge in [-0.15, -0.1) is 0 Å². The fourth-order valence-electron chi connectivity index (χ4n) is 7.00. The summed E-state index contributed by atoms with van der Waals surface area (Å²) in [5, 5.41) is 1.41. The number of rotatable bonds is 6. The van der Waals surface area contributed by atoms with Gasteiger partial charge in [-0.3, -0.25) is 9.52 Å². The summed E-state index contributed by atoms with van der Waals surface area (Å²) in [5.74, 6) is 0.603. The minimum atomic E-state index is -0.0133. The van der Waals surface area contributed by atoms with E-state index in [1.807, 2.05) is 0 Å². The second kappa shape index (κ2) is 11.4. The van der Waals surface area contributed by atoms with Crippen LogP contribution in [0.25, 0.3) is 22.2 Å². The Balaban J connectivity index is 1.45. The number of carbonyl (C=O) groups is 1. The van der Waals surface area contributed by atoms with E-state index in [0.29, 0.717) is 5.92 Å². The number of carbonyl (C=O) groups excluding carboxylic acids is 1. The van der Waals surface area contributed by atoms with Crippen LogP contribution in [0.15, 0.2) is 41.3 Å². The molecular weight excluding hydrogens is 488 g/mol. The third-order valence-corrected chi connectivity index (χ3v) is 9.76. The lowest BCUT2D eigenvalue weighted by Gasteiger charge is -2.31. The van der Waals surface area contributed by atoms with Crippen molar-refractivity contribution in [2.75, 3.05) is 37.6 Å². The van der Waals surface area contributed by atoms with Crippen LogP contribution < -0.4 is 9.62 Å². The van der Waals surface area contributed by atoms with E-state index in [4.69, 9.17) is 0 Å². The number of nitrogens with zero attached hydrogens (tertiary/aromatic N) is 3. The van der Waals surface area contributed by atoms with E-state index in [1.54, 1.807) is 12.5 Å². The molecule has 0 spiro atoms. The molecule has 2 fully saturated rings. The van der Waals surface area contributed by atoms with Gasteiger partial charge in [-0.1, -0.05) is 43.9 Å². The van der Waals surface area contributed by atoms with Gasteiger partial charge in [-0.05, 0) is 92.9 Å². The normalized spacial score (nSPS) is 18.7. The highest BCUT2D eigenvalue weighted by Crippen LogP contribution is 2.47. The van der Waals surface area contributed by atoms with Crippen LogP contribution in [-0.4, -0.2) is 48.1 Å². The molecule has 1 saturated carbocycles. The van der Waals surface area contributed by atoms with Gasteiger partial charge in [0.05, 0.1) is 11.2 Å². The number of aryl methyl sites for hydroxylation is 1. The van der Waals surface area contributed by atoms with Crippen LogP contribution in [0.4, 0.5) is 5.69 Å². The van der Waals surface area contributed by atoms with E-state index in [1.165, 1.54) is 110 Å². The number of likely N-dealkylation sites (tertiary alicyclic amines) is 1. The molecule has 0 atom stereocenters. The van der Waals surface area contributed by atoms with E-state index in [9.17, 15) is 4.79 Å². The van der Waals surface area contributed by atoms with E-state index in [2.05, 4.69) is 62.4 Å². The molecule has 202 valence electrons. The molecule has 6 heteroatoms. The summed E-state index contributed by atoms with van der Waals surface area (Å²) < 4.78 is 5.54. The fraction of sp³-hybridized carbons (Fsp3) is 0.531. The number of anilines is 1. The molecule has 1 aromatic heterocycles. The second-order valence-corrected chi connectivity index (χ2v) is 12.5. The van der Waals surface area contributed by atoms with Gasteiger partial charge in [0, 0.05) is 54.6 Å². The van der Waals surface area contributed by atoms with E-state index < -0.39 is 0 Å². The Morgan fingerprint density at radius 2 is 1.71 bits per heavy atom. The molecule has 1 N–H and O–H groups in total. The summed E-state index contributed by atoms with van der Waals surface area (Å²) in [7, 11) is 0. The van der Waals surface area contributed by atoms with Gasteiger partial charge < -0.3 is 14.4 Å². The zero-order valence-corrected chi connectivity index (χ0v) is 23.9. The van der Waals surface area contributed by atoms with E-state index in [0.717, 1.165) is 31.1 Å². The molecular formula is C32H42N4OS. The third kappa shape index (κ3) is 5.22. The van der Waals surface area contributed by atoms with Crippen molar-refractivity contribution in [3.63, 3.8) is 0 Å². The Morgan fingerprint density at radius 1 is 0.921 bits per heavy atom. The minimum Gasteiger partial charge on any atom is -0.368 e. The van der Waals surface area contributed by atoms with E-state index >= 15 is 0 Å². The molecule has 3 heterocycles.